The van der Waals surface area contributed by atoms with E-state index in [2.05, 4.69) is 43.0 Å². The number of aromatic carboxylic acids is 1. The molecule has 150 valence electrons. The number of ether oxygens (including phenoxy) is 1. The fraction of sp³-hybridized carbons (Fsp3) is 0.148. The molecule has 0 aromatic heterocycles. The van der Waals surface area contributed by atoms with Crippen LogP contribution >= 0.6 is 0 Å². The highest BCUT2D eigenvalue weighted by Gasteiger charge is 2.06. The Morgan fingerprint density at radius 1 is 0.833 bits per heavy atom. The summed E-state index contributed by atoms with van der Waals surface area (Å²) in [5.74, 6) is 6.05. The predicted octanol–water partition coefficient (Wildman–Crippen LogP) is 6.02. The summed E-state index contributed by atoms with van der Waals surface area (Å²) in [6.07, 6.45) is 2.11. The maximum Gasteiger partial charge on any atom is 0.335 e. The van der Waals surface area contributed by atoms with Crippen LogP contribution in [0.3, 0.4) is 0 Å². The van der Waals surface area contributed by atoms with E-state index in [9.17, 15) is 4.79 Å². The maximum absolute atomic E-state index is 10.9. The van der Waals surface area contributed by atoms with Crippen molar-refractivity contribution in [1.82, 2.24) is 0 Å². The van der Waals surface area contributed by atoms with E-state index < -0.39 is 5.97 Å². The highest BCUT2D eigenvalue weighted by molar-refractivity contribution is 5.87. The Balaban J connectivity index is 1.81. The molecule has 3 nitrogen and oxygen atoms in total. The van der Waals surface area contributed by atoms with Gasteiger partial charge in [-0.1, -0.05) is 53.8 Å². The van der Waals surface area contributed by atoms with E-state index in [-0.39, 0.29) is 11.7 Å². The highest BCUT2D eigenvalue weighted by Crippen LogP contribution is 2.22. The van der Waals surface area contributed by atoms with E-state index in [0.717, 1.165) is 28.0 Å². The third-order valence-corrected chi connectivity index (χ3v) is 4.39. The summed E-state index contributed by atoms with van der Waals surface area (Å²) in [5, 5.41) is 8.96. The fourth-order valence-electron chi connectivity index (χ4n) is 2.81. The number of carboxylic acid groups (broad SMARTS) is 1. The number of rotatable bonds is 5. The van der Waals surface area contributed by atoms with Crippen molar-refractivity contribution in [2.75, 3.05) is 0 Å². The first kappa shape index (κ1) is 21.0. The highest BCUT2D eigenvalue weighted by atomic mass is 16.5. The second-order valence-electron chi connectivity index (χ2n) is 7.30. The average Bonchev–Trinajstić information content (AvgIpc) is 2.74. The van der Waals surface area contributed by atoms with Crippen LogP contribution in [-0.4, -0.2) is 17.2 Å². The minimum Gasteiger partial charge on any atom is -0.490 e. The van der Waals surface area contributed by atoms with Gasteiger partial charge in [0.25, 0.3) is 0 Å². The average molecular weight is 396 g/mol. The molecule has 0 spiro atoms. The summed E-state index contributed by atoms with van der Waals surface area (Å²) in [7, 11) is 0. The normalized spacial score (nSPS) is 11.0. The summed E-state index contributed by atoms with van der Waals surface area (Å²) < 4.78 is 6.05. The molecule has 3 aromatic carbocycles. The van der Waals surface area contributed by atoms with Gasteiger partial charge >= 0.3 is 5.97 Å². The maximum atomic E-state index is 10.9. The Kier molecular flexibility index (Phi) is 6.72. The molecule has 0 atom stereocenters. The number of hydrogen-bond donors (Lipinski definition) is 1. The second kappa shape index (κ2) is 9.62. The molecular formula is C27H24O3. The van der Waals surface area contributed by atoms with Crippen molar-refractivity contribution in [3.8, 4) is 11.8 Å². The molecule has 0 amide bonds. The Bertz CT molecular complexity index is 1090. The third kappa shape index (κ3) is 5.86. The molecule has 0 unspecified atom stereocenters. The van der Waals surface area contributed by atoms with Crippen molar-refractivity contribution in [3.05, 3.63) is 106 Å². The van der Waals surface area contributed by atoms with Gasteiger partial charge in [0, 0.05) is 16.7 Å². The largest absolute Gasteiger partial charge is 0.490 e. The van der Waals surface area contributed by atoms with Gasteiger partial charge in [-0.25, -0.2) is 4.79 Å². The summed E-state index contributed by atoms with van der Waals surface area (Å²) in [5.41, 5.74) is 5.19. The quantitative estimate of drug-likeness (QED) is 0.326. The first-order valence-corrected chi connectivity index (χ1v) is 9.81. The van der Waals surface area contributed by atoms with E-state index >= 15 is 0 Å². The second-order valence-corrected chi connectivity index (χ2v) is 7.30. The summed E-state index contributed by atoms with van der Waals surface area (Å²) in [4.78, 5) is 10.9. The van der Waals surface area contributed by atoms with Crippen molar-refractivity contribution in [2.24, 2.45) is 0 Å². The first-order valence-electron chi connectivity index (χ1n) is 9.81. The number of carboxylic acids is 1. The van der Waals surface area contributed by atoms with Crippen LogP contribution < -0.4 is 0 Å². The van der Waals surface area contributed by atoms with Crippen molar-refractivity contribution < 1.29 is 14.6 Å². The monoisotopic (exact) mass is 396 g/mol. The van der Waals surface area contributed by atoms with E-state index in [0.29, 0.717) is 0 Å². The molecule has 3 rings (SSSR count). The summed E-state index contributed by atoms with van der Waals surface area (Å²) in [6.45, 7) is 6.09. The lowest BCUT2D eigenvalue weighted by molar-refractivity contribution is 0.0697. The number of carbonyl (C=O) groups is 1. The topological polar surface area (TPSA) is 46.5 Å². The zero-order valence-electron chi connectivity index (χ0n) is 17.3. The lowest BCUT2D eigenvalue weighted by Gasteiger charge is -2.14. The predicted molar refractivity (Wildman–Crippen MR) is 121 cm³/mol. The van der Waals surface area contributed by atoms with Crippen molar-refractivity contribution >= 4 is 17.8 Å². The van der Waals surface area contributed by atoms with Crippen molar-refractivity contribution in [1.29, 1.82) is 0 Å². The van der Waals surface area contributed by atoms with E-state index in [1.165, 1.54) is 5.56 Å². The molecule has 0 heterocycles. The molecule has 30 heavy (non-hydrogen) atoms. The molecule has 0 fully saturated rings. The molecule has 0 saturated heterocycles. The number of hydrogen-bond acceptors (Lipinski definition) is 2. The van der Waals surface area contributed by atoms with E-state index in [1.807, 2.05) is 44.2 Å². The van der Waals surface area contributed by atoms with Gasteiger partial charge < -0.3 is 9.84 Å². The Hall–Kier alpha value is -3.77. The smallest absolute Gasteiger partial charge is 0.335 e. The lowest BCUT2D eigenvalue weighted by atomic mass is 10.1. The van der Waals surface area contributed by atoms with Crippen LogP contribution in [0.25, 0.3) is 11.8 Å². The van der Waals surface area contributed by atoms with Crippen molar-refractivity contribution in [3.63, 3.8) is 0 Å². The Labute approximate surface area is 177 Å². The molecule has 0 aliphatic carbocycles. The van der Waals surface area contributed by atoms with Crippen LogP contribution in [0.1, 0.15) is 52.0 Å². The molecule has 3 aromatic rings. The molecular weight excluding hydrogens is 372 g/mol. The molecule has 3 heteroatoms. The zero-order chi connectivity index (χ0) is 21.5. The van der Waals surface area contributed by atoms with E-state index in [1.54, 1.807) is 24.3 Å². The minimum atomic E-state index is -0.941. The van der Waals surface area contributed by atoms with Gasteiger partial charge in [0.1, 0.15) is 5.76 Å². The molecule has 0 radical (unpaired) electrons. The molecule has 0 aliphatic heterocycles. The van der Waals surface area contributed by atoms with Gasteiger partial charge in [0.2, 0.25) is 0 Å². The van der Waals surface area contributed by atoms with Crippen LogP contribution in [0.2, 0.25) is 0 Å². The molecule has 1 N–H and O–H groups in total. The standard InChI is InChI=1S/C27H24O3/c1-19(2)30-26(18-23-6-4-20(3)5-7-23)24-14-10-21(11-15-24)8-9-22-12-16-25(17-13-22)27(28)29/h4-7,10-19H,1-3H3,(H,28,29)/b26-18-. The molecule has 0 saturated carbocycles. The zero-order valence-corrected chi connectivity index (χ0v) is 17.3. The van der Waals surface area contributed by atoms with Crippen LogP contribution in [-0.2, 0) is 4.74 Å². The van der Waals surface area contributed by atoms with Gasteiger partial charge in [-0.05, 0) is 68.8 Å². The van der Waals surface area contributed by atoms with Gasteiger partial charge in [0.05, 0.1) is 11.7 Å². The fourth-order valence-corrected chi connectivity index (χ4v) is 2.81. The summed E-state index contributed by atoms with van der Waals surface area (Å²) >= 11 is 0. The molecule has 0 bridgehead atoms. The van der Waals surface area contributed by atoms with Crippen LogP contribution in [0, 0.1) is 18.8 Å². The number of benzene rings is 3. The van der Waals surface area contributed by atoms with Crippen molar-refractivity contribution in [2.45, 2.75) is 26.9 Å². The van der Waals surface area contributed by atoms with E-state index in [4.69, 9.17) is 9.84 Å². The SMILES string of the molecule is Cc1ccc(/C=C(\OC(C)C)c2ccc(C#Cc3ccc(C(=O)O)cc3)cc2)cc1. The summed E-state index contributed by atoms with van der Waals surface area (Å²) in [6, 6.07) is 22.8. The lowest BCUT2D eigenvalue weighted by Crippen LogP contribution is -2.02. The minimum absolute atomic E-state index is 0.0648. The Morgan fingerprint density at radius 3 is 1.80 bits per heavy atom. The first-order chi connectivity index (χ1) is 14.4. The third-order valence-electron chi connectivity index (χ3n) is 4.39. The van der Waals surface area contributed by atoms with Crippen LogP contribution in [0.5, 0.6) is 0 Å². The number of aryl methyl sites for hydroxylation is 1. The van der Waals surface area contributed by atoms with Crippen LogP contribution in [0.4, 0.5) is 0 Å². The van der Waals surface area contributed by atoms with Gasteiger partial charge in [0.15, 0.2) is 0 Å². The van der Waals surface area contributed by atoms with Gasteiger partial charge in [-0.15, -0.1) is 0 Å². The molecule has 0 aliphatic rings. The Morgan fingerprint density at radius 2 is 1.33 bits per heavy atom. The van der Waals surface area contributed by atoms with Crippen LogP contribution in [0.15, 0.2) is 72.8 Å². The van der Waals surface area contributed by atoms with Gasteiger partial charge in [-0.2, -0.15) is 0 Å². The van der Waals surface area contributed by atoms with Gasteiger partial charge in [-0.3, -0.25) is 0 Å².